The number of hydrogen-bond donors (Lipinski definition) is 0. The average Bonchev–Trinajstić information content (AvgIpc) is 2.44. The minimum atomic E-state index is -0.859. The van der Waals surface area contributed by atoms with Crippen LogP contribution < -0.4 is 4.74 Å². The van der Waals surface area contributed by atoms with Crippen molar-refractivity contribution in [2.24, 2.45) is 0 Å². The monoisotopic (exact) mass is 192 g/mol. The number of hydroxylamine groups is 2. The van der Waals surface area contributed by atoms with Crippen molar-refractivity contribution in [2.75, 3.05) is 7.11 Å². The maximum atomic E-state index is 11.3. The van der Waals surface area contributed by atoms with Gasteiger partial charge in [0.25, 0.3) is 11.8 Å². The maximum Gasteiger partial charge on any atom is 0.254 e. The molecule has 0 saturated carbocycles. The summed E-state index contributed by atoms with van der Waals surface area (Å²) < 4.78 is 4.89. The van der Waals surface area contributed by atoms with Gasteiger partial charge in [-0.15, -0.1) is 0 Å². The summed E-state index contributed by atoms with van der Waals surface area (Å²) in [6, 6.07) is 4.52. The topological polar surface area (TPSA) is 69.7 Å². The molecule has 2 rings (SSSR count). The van der Waals surface area contributed by atoms with Crippen molar-refractivity contribution in [3.63, 3.8) is 0 Å². The molecule has 1 aliphatic rings. The molecular formula is C9H6NO4-. The zero-order valence-electron chi connectivity index (χ0n) is 7.31. The molecule has 0 fully saturated rings. The van der Waals surface area contributed by atoms with E-state index in [1.54, 1.807) is 6.07 Å². The van der Waals surface area contributed by atoms with E-state index in [-0.39, 0.29) is 21.9 Å². The van der Waals surface area contributed by atoms with Crippen LogP contribution >= 0.6 is 0 Å². The van der Waals surface area contributed by atoms with Crippen LogP contribution in [0.3, 0.4) is 0 Å². The number of carbonyl (C=O) groups excluding carboxylic acids is 2. The summed E-state index contributed by atoms with van der Waals surface area (Å²) in [6.45, 7) is 0. The summed E-state index contributed by atoms with van der Waals surface area (Å²) in [5.74, 6) is -1.44. The van der Waals surface area contributed by atoms with E-state index in [0.29, 0.717) is 0 Å². The Bertz CT molecular complexity index is 427. The number of amides is 2. The second-order valence-electron chi connectivity index (χ2n) is 2.79. The highest BCUT2D eigenvalue weighted by Gasteiger charge is 2.32. The number of ether oxygens (including phenoxy) is 1. The molecule has 1 heterocycles. The Morgan fingerprint density at radius 3 is 2.64 bits per heavy atom. The van der Waals surface area contributed by atoms with Crippen molar-refractivity contribution in [1.29, 1.82) is 0 Å². The van der Waals surface area contributed by atoms with Crippen LogP contribution in [0.4, 0.5) is 0 Å². The number of imide groups is 1. The van der Waals surface area contributed by atoms with Crippen LogP contribution in [-0.2, 0) is 0 Å². The van der Waals surface area contributed by atoms with Crippen molar-refractivity contribution in [1.82, 2.24) is 5.06 Å². The largest absolute Gasteiger partial charge is 0.749 e. The first kappa shape index (κ1) is 8.71. The molecule has 1 aliphatic heterocycles. The number of carbonyl (C=O) groups is 2. The van der Waals surface area contributed by atoms with Gasteiger partial charge in [0.05, 0.1) is 18.2 Å². The maximum absolute atomic E-state index is 11.3. The van der Waals surface area contributed by atoms with E-state index in [0.717, 1.165) is 0 Å². The summed E-state index contributed by atoms with van der Waals surface area (Å²) in [7, 11) is 1.38. The Kier molecular flexibility index (Phi) is 1.75. The van der Waals surface area contributed by atoms with Crippen LogP contribution in [0.1, 0.15) is 20.7 Å². The molecule has 14 heavy (non-hydrogen) atoms. The molecule has 0 saturated heterocycles. The summed E-state index contributed by atoms with van der Waals surface area (Å²) in [6.07, 6.45) is 0. The van der Waals surface area contributed by atoms with Gasteiger partial charge in [0.15, 0.2) is 0 Å². The lowest BCUT2D eigenvalue weighted by Gasteiger charge is -2.17. The van der Waals surface area contributed by atoms with Gasteiger partial charge in [-0.3, -0.25) is 9.59 Å². The third-order valence-electron chi connectivity index (χ3n) is 2.06. The minimum absolute atomic E-state index is 0.0509. The number of rotatable bonds is 1. The lowest BCUT2D eigenvalue weighted by atomic mass is 10.1. The molecule has 0 aliphatic carbocycles. The van der Waals surface area contributed by atoms with Gasteiger partial charge in [0.2, 0.25) is 0 Å². The Hall–Kier alpha value is -1.88. The number of methoxy groups -OCH3 is 1. The van der Waals surface area contributed by atoms with E-state index in [2.05, 4.69) is 0 Å². The molecule has 5 nitrogen and oxygen atoms in total. The van der Waals surface area contributed by atoms with Crippen LogP contribution in [0.5, 0.6) is 5.75 Å². The minimum Gasteiger partial charge on any atom is -0.749 e. The first-order valence-electron chi connectivity index (χ1n) is 3.89. The van der Waals surface area contributed by atoms with Gasteiger partial charge < -0.3 is 15.0 Å². The first-order chi connectivity index (χ1) is 6.66. The summed E-state index contributed by atoms with van der Waals surface area (Å²) in [4.78, 5) is 22.5. The van der Waals surface area contributed by atoms with Gasteiger partial charge in [-0.2, -0.15) is 0 Å². The molecule has 72 valence electrons. The van der Waals surface area contributed by atoms with Crippen molar-refractivity contribution in [3.05, 3.63) is 34.5 Å². The van der Waals surface area contributed by atoms with Crippen LogP contribution in [0.2, 0.25) is 0 Å². The van der Waals surface area contributed by atoms with E-state index >= 15 is 0 Å². The van der Waals surface area contributed by atoms with Gasteiger partial charge in [0, 0.05) is 0 Å². The van der Waals surface area contributed by atoms with Gasteiger partial charge in [-0.05, 0) is 12.1 Å². The van der Waals surface area contributed by atoms with Crippen LogP contribution in [0.15, 0.2) is 18.2 Å². The Labute approximate surface area is 79.5 Å². The second-order valence-corrected chi connectivity index (χ2v) is 2.79. The first-order valence-corrected chi connectivity index (χ1v) is 3.89. The van der Waals surface area contributed by atoms with E-state index < -0.39 is 11.8 Å². The van der Waals surface area contributed by atoms with Gasteiger partial charge in [-0.1, -0.05) is 6.07 Å². The molecule has 2 amide bonds. The van der Waals surface area contributed by atoms with Crippen molar-refractivity contribution >= 4 is 11.8 Å². The van der Waals surface area contributed by atoms with E-state index in [1.165, 1.54) is 19.2 Å². The van der Waals surface area contributed by atoms with Crippen molar-refractivity contribution in [2.45, 2.75) is 0 Å². The van der Waals surface area contributed by atoms with Crippen LogP contribution in [0.25, 0.3) is 0 Å². The van der Waals surface area contributed by atoms with Gasteiger partial charge >= 0.3 is 0 Å². The zero-order chi connectivity index (χ0) is 10.3. The predicted molar refractivity (Wildman–Crippen MR) is 46.9 cm³/mol. The molecule has 0 radical (unpaired) electrons. The molecule has 1 aromatic carbocycles. The number of benzene rings is 1. The lowest BCUT2D eigenvalue weighted by Crippen LogP contribution is -2.22. The van der Waals surface area contributed by atoms with Crippen LogP contribution in [0, 0.1) is 5.21 Å². The normalized spacial score (nSPS) is 14.6. The molecule has 0 aromatic heterocycles. The van der Waals surface area contributed by atoms with Gasteiger partial charge in [-0.25, -0.2) is 0 Å². The smallest absolute Gasteiger partial charge is 0.254 e. The molecular weight excluding hydrogens is 186 g/mol. The highest BCUT2D eigenvalue weighted by atomic mass is 16.5. The average molecular weight is 192 g/mol. The number of nitrogens with zero attached hydrogens (tertiary/aromatic N) is 1. The van der Waals surface area contributed by atoms with Crippen LogP contribution in [-0.4, -0.2) is 24.0 Å². The van der Waals surface area contributed by atoms with Crippen molar-refractivity contribution < 1.29 is 14.3 Å². The summed E-state index contributed by atoms with van der Waals surface area (Å²) in [5.41, 5.74) is 0.152. The Morgan fingerprint density at radius 2 is 2.00 bits per heavy atom. The number of fused-ring (bicyclic) bond motifs is 1. The molecule has 0 bridgehead atoms. The fraction of sp³-hybridized carbons (Fsp3) is 0.111. The highest BCUT2D eigenvalue weighted by Crippen LogP contribution is 2.29. The molecule has 0 spiro atoms. The standard InChI is InChI=1S/C9H6NO4/c1-14-6-4-2-3-5-7(6)9(12)10(13)8(5)11/h2-4H,1H3/q-1. The SMILES string of the molecule is COc1cccc2c1C(=O)N([O-])C2=O. The predicted octanol–water partition coefficient (Wildman–Crippen LogP) is 0.789. The summed E-state index contributed by atoms with van der Waals surface area (Å²) in [5, 5.41) is 10.8. The highest BCUT2D eigenvalue weighted by molar-refractivity contribution is 6.22. The fourth-order valence-electron chi connectivity index (χ4n) is 1.40. The quantitative estimate of drug-likeness (QED) is 0.617. The molecule has 1 aromatic rings. The third-order valence-corrected chi connectivity index (χ3v) is 2.06. The third kappa shape index (κ3) is 0.928. The lowest BCUT2D eigenvalue weighted by molar-refractivity contribution is 0.0721. The molecule has 0 atom stereocenters. The Morgan fingerprint density at radius 1 is 1.29 bits per heavy atom. The van der Waals surface area contributed by atoms with Crippen molar-refractivity contribution in [3.8, 4) is 5.75 Å². The fourth-order valence-corrected chi connectivity index (χ4v) is 1.40. The van der Waals surface area contributed by atoms with Gasteiger partial charge in [0.1, 0.15) is 5.75 Å². The Balaban J connectivity index is 2.69. The van der Waals surface area contributed by atoms with E-state index in [4.69, 9.17) is 4.74 Å². The van der Waals surface area contributed by atoms with E-state index in [9.17, 15) is 14.8 Å². The molecule has 0 unspecified atom stereocenters. The number of hydrogen-bond acceptors (Lipinski definition) is 4. The molecule has 0 N–H and O–H groups in total. The van der Waals surface area contributed by atoms with E-state index in [1.807, 2.05) is 0 Å². The zero-order valence-corrected chi connectivity index (χ0v) is 7.31. The molecule has 5 heteroatoms. The second kappa shape index (κ2) is 2.81. The summed E-state index contributed by atoms with van der Waals surface area (Å²) >= 11 is 0.